The van der Waals surface area contributed by atoms with Gasteiger partial charge in [0.05, 0.1) is 13.2 Å². The first-order chi connectivity index (χ1) is 11.3. The summed E-state index contributed by atoms with van der Waals surface area (Å²) in [5, 5.41) is 3.14. The summed E-state index contributed by atoms with van der Waals surface area (Å²) in [7, 11) is 0. The standard InChI is InChI=1S/C20H41NO2/c1-3-5-6-7-8-9-10-11-12-13-14-15-16-17-18-21-19-20(22)23-4-2/h21H,3-19H2,1-2H3. The Morgan fingerprint density at radius 3 is 1.57 bits per heavy atom. The number of rotatable bonds is 18. The summed E-state index contributed by atoms with van der Waals surface area (Å²) in [5.74, 6) is -0.141. The van der Waals surface area contributed by atoms with E-state index in [9.17, 15) is 4.79 Å². The minimum atomic E-state index is -0.141. The van der Waals surface area contributed by atoms with Gasteiger partial charge in [-0.2, -0.15) is 0 Å². The number of carbonyl (C=O) groups is 1. The predicted octanol–water partition coefficient (Wildman–Crippen LogP) is 5.62. The van der Waals surface area contributed by atoms with Gasteiger partial charge in [-0.25, -0.2) is 0 Å². The molecule has 0 spiro atoms. The molecular weight excluding hydrogens is 286 g/mol. The van der Waals surface area contributed by atoms with Crippen LogP contribution in [-0.2, 0) is 9.53 Å². The number of hydrogen-bond donors (Lipinski definition) is 1. The molecule has 0 aromatic carbocycles. The van der Waals surface area contributed by atoms with E-state index in [2.05, 4.69) is 12.2 Å². The summed E-state index contributed by atoms with van der Waals surface area (Å²) >= 11 is 0. The summed E-state index contributed by atoms with van der Waals surface area (Å²) in [5.41, 5.74) is 0. The van der Waals surface area contributed by atoms with Gasteiger partial charge in [-0.1, -0.05) is 90.4 Å². The van der Waals surface area contributed by atoms with Gasteiger partial charge in [0.2, 0.25) is 0 Å². The van der Waals surface area contributed by atoms with E-state index < -0.39 is 0 Å². The Hall–Kier alpha value is -0.570. The van der Waals surface area contributed by atoms with Crippen LogP contribution in [0.3, 0.4) is 0 Å². The smallest absolute Gasteiger partial charge is 0.319 e. The zero-order valence-electron chi connectivity index (χ0n) is 15.8. The fourth-order valence-corrected chi connectivity index (χ4v) is 2.85. The molecule has 0 aromatic rings. The molecule has 0 aromatic heterocycles. The SMILES string of the molecule is CCCCCCCCCCCCCCCCNCC(=O)OCC. The highest BCUT2D eigenvalue weighted by Gasteiger charge is 1.99. The molecule has 0 unspecified atom stereocenters. The Morgan fingerprint density at radius 2 is 1.13 bits per heavy atom. The van der Waals surface area contributed by atoms with Gasteiger partial charge in [-0.05, 0) is 19.9 Å². The number of hydrogen-bond acceptors (Lipinski definition) is 3. The topological polar surface area (TPSA) is 38.3 Å². The summed E-state index contributed by atoms with van der Waals surface area (Å²) in [4.78, 5) is 11.1. The normalized spacial score (nSPS) is 10.9. The van der Waals surface area contributed by atoms with E-state index in [1.165, 1.54) is 83.5 Å². The summed E-state index contributed by atoms with van der Waals surface area (Å²) in [6, 6.07) is 0. The minimum absolute atomic E-state index is 0.141. The van der Waals surface area contributed by atoms with Crippen LogP contribution in [0.25, 0.3) is 0 Å². The molecule has 0 rings (SSSR count). The first-order valence-corrected chi connectivity index (χ1v) is 10.2. The minimum Gasteiger partial charge on any atom is -0.465 e. The van der Waals surface area contributed by atoms with Gasteiger partial charge in [0.25, 0.3) is 0 Å². The van der Waals surface area contributed by atoms with Crippen molar-refractivity contribution in [3.63, 3.8) is 0 Å². The Labute approximate surface area is 144 Å². The Bertz CT molecular complexity index is 244. The van der Waals surface area contributed by atoms with Gasteiger partial charge in [-0.3, -0.25) is 4.79 Å². The number of unbranched alkanes of at least 4 members (excludes halogenated alkanes) is 13. The zero-order chi connectivity index (χ0) is 17.0. The molecule has 0 saturated heterocycles. The van der Waals surface area contributed by atoms with Crippen LogP contribution in [0, 0.1) is 0 Å². The van der Waals surface area contributed by atoms with Gasteiger partial charge in [-0.15, -0.1) is 0 Å². The van der Waals surface area contributed by atoms with Crippen LogP contribution >= 0.6 is 0 Å². The highest BCUT2D eigenvalue weighted by Crippen LogP contribution is 2.12. The molecule has 1 N–H and O–H groups in total. The Balaban J connectivity index is 3.01. The summed E-state index contributed by atoms with van der Waals surface area (Å²) in [6.07, 6.45) is 19.3. The fraction of sp³-hybridized carbons (Fsp3) is 0.950. The molecule has 3 heteroatoms. The molecular formula is C20H41NO2. The maximum absolute atomic E-state index is 11.1. The van der Waals surface area contributed by atoms with E-state index in [0.717, 1.165) is 13.0 Å². The fourth-order valence-electron chi connectivity index (χ4n) is 2.85. The molecule has 0 radical (unpaired) electrons. The van der Waals surface area contributed by atoms with E-state index in [4.69, 9.17) is 4.74 Å². The maximum atomic E-state index is 11.1. The predicted molar refractivity (Wildman–Crippen MR) is 99.8 cm³/mol. The van der Waals surface area contributed by atoms with Gasteiger partial charge in [0.15, 0.2) is 0 Å². The van der Waals surface area contributed by atoms with E-state index in [0.29, 0.717) is 13.2 Å². The molecule has 23 heavy (non-hydrogen) atoms. The summed E-state index contributed by atoms with van der Waals surface area (Å²) in [6.45, 7) is 5.87. The lowest BCUT2D eigenvalue weighted by Crippen LogP contribution is -2.25. The molecule has 0 bridgehead atoms. The molecule has 0 amide bonds. The van der Waals surface area contributed by atoms with Crippen LogP contribution in [0.5, 0.6) is 0 Å². The first kappa shape index (κ1) is 22.4. The number of carbonyl (C=O) groups excluding carboxylic acids is 1. The van der Waals surface area contributed by atoms with Gasteiger partial charge < -0.3 is 10.1 Å². The van der Waals surface area contributed by atoms with Crippen molar-refractivity contribution in [3.05, 3.63) is 0 Å². The van der Waals surface area contributed by atoms with Crippen molar-refractivity contribution >= 4 is 5.97 Å². The van der Waals surface area contributed by atoms with Crippen molar-refractivity contribution in [2.75, 3.05) is 19.7 Å². The van der Waals surface area contributed by atoms with Crippen molar-refractivity contribution < 1.29 is 9.53 Å². The second-order valence-corrected chi connectivity index (χ2v) is 6.58. The van der Waals surface area contributed by atoms with E-state index in [-0.39, 0.29) is 5.97 Å². The van der Waals surface area contributed by atoms with Gasteiger partial charge in [0, 0.05) is 0 Å². The lowest BCUT2D eigenvalue weighted by atomic mass is 10.0. The van der Waals surface area contributed by atoms with Crippen LogP contribution in [0.1, 0.15) is 104 Å². The number of nitrogens with one attached hydrogen (secondary N) is 1. The Kier molecular flexibility index (Phi) is 19.0. The van der Waals surface area contributed by atoms with Crippen molar-refractivity contribution in [1.29, 1.82) is 0 Å². The molecule has 0 heterocycles. The number of esters is 1. The highest BCUT2D eigenvalue weighted by atomic mass is 16.5. The molecule has 0 aliphatic carbocycles. The monoisotopic (exact) mass is 327 g/mol. The van der Waals surface area contributed by atoms with Crippen molar-refractivity contribution in [2.45, 2.75) is 104 Å². The molecule has 138 valence electrons. The summed E-state index contributed by atoms with van der Waals surface area (Å²) < 4.78 is 4.86. The van der Waals surface area contributed by atoms with Crippen LogP contribution in [0.15, 0.2) is 0 Å². The van der Waals surface area contributed by atoms with Gasteiger partial charge in [0.1, 0.15) is 0 Å². The molecule has 0 aliphatic heterocycles. The van der Waals surface area contributed by atoms with E-state index >= 15 is 0 Å². The lowest BCUT2D eigenvalue weighted by Gasteiger charge is -2.05. The van der Waals surface area contributed by atoms with Crippen LogP contribution in [0.2, 0.25) is 0 Å². The van der Waals surface area contributed by atoms with Gasteiger partial charge >= 0.3 is 5.97 Å². The third kappa shape index (κ3) is 19.4. The van der Waals surface area contributed by atoms with Crippen LogP contribution in [0.4, 0.5) is 0 Å². The second kappa shape index (κ2) is 19.5. The van der Waals surface area contributed by atoms with Crippen LogP contribution < -0.4 is 5.32 Å². The first-order valence-electron chi connectivity index (χ1n) is 10.2. The maximum Gasteiger partial charge on any atom is 0.319 e. The third-order valence-corrected chi connectivity index (χ3v) is 4.28. The van der Waals surface area contributed by atoms with Crippen molar-refractivity contribution in [3.8, 4) is 0 Å². The van der Waals surface area contributed by atoms with Crippen molar-refractivity contribution in [2.24, 2.45) is 0 Å². The Morgan fingerprint density at radius 1 is 0.696 bits per heavy atom. The average Bonchev–Trinajstić information content (AvgIpc) is 2.54. The average molecular weight is 328 g/mol. The largest absolute Gasteiger partial charge is 0.465 e. The molecule has 3 nitrogen and oxygen atoms in total. The molecule has 0 aliphatic rings. The van der Waals surface area contributed by atoms with Crippen molar-refractivity contribution in [1.82, 2.24) is 5.32 Å². The molecule has 0 fully saturated rings. The van der Waals surface area contributed by atoms with Crippen LogP contribution in [-0.4, -0.2) is 25.7 Å². The van der Waals surface area contributed by atoms with E-state index in [1.807, 2.05) is 6.92 Å². The zero-order valence-corrected chi connectivity index (χ0v) is 15.8. The molecule has 0 saturated carbocycles. The third-order valence-electron chi connectivity index (χ3n) is 4.28. The number of ether oxygens (including phenoxy) is 1. The lowest BCUT2D eigenvalue weighted by molar-refractivity contribution is -0.141. The second-order valence-electron chi connectivity index (χ2n) is 6.58. The quantitative estimate of drug-likeness (QED) is 0.262. The highest BCUT2D eigenvalue weighted by molar-refractivity contribution is 5.71. The van der Waals surface area contributed by atoms with E-state index in [1.54, 1.807) is 0 Å². The molecule has 0 atom stereocenters.